The number of carbonyl (C=O) groups excluding carboxylic acids is 2. The molecule has 1 aromatic carbocycles. The van der Waals surface area contributed by atoms with Gasteiger partial charge in [0, 0.05) is 31.9 Å². The summed E-state index contributed by atoms with van der Waals surface area (Å²) in [5.41, 5.74) is 2.60. The Morgan fingerprint density at radius 3 is 2.50 bits per heavy atom. The molecule has 0 atom stereocenters. The van der Waals surface area contributed by atoms with Gasteiger partial charge >= 0.3 is 5.97 Å². The first-order valence-corrected chi connectivity index (χ1v) is 11.1. The molecule has 4 aromatic rings. The molecule has 0 amide bonds. The van der Waals surface area contributed by atoms with Crippen LogP contribution in [0.4, 0.5) is 23.0 Å². The number of rotatable bonds is 9. The normalized spacial score (nSPS) is 10.6. The molecule has 0 bridgehead atoms. The van der Waals surface area contributed by atoms with E-state index in [0.717, 1.165) is 0 Å². The molecule has 36 heavy (non-hydrogen) atoms. The number of aryl methyl sites for hydroxylation is 1. The van der Waals surface area contributed by atoms with Crippen LogP contribution in [0, 0.1) is 0 Å². The van der Waals surface area contributed by atoms with Gasteiger partial charge in [0.1, 0.15) is 18.0 Å². The van der Waals surface area contributed by atoms with Crippen molar-refractivity contribution in [3.05, 3.63) is 66.2 Å². The Morgan fingerprint density at radius 1 is 1.00 bits per heavy atom. The van der Waals surface area contributed by atoms with E-state index < -0.39 is 5.97 Å². The molecule has 3 aromatic heterocycles. The molecule has 0 unspecified atom stereocenters. The predicted octanol–water partition coefficient (Wildman–Crippen LogP) is 4.15. The van der Waals surface area contributed by atoms with Crippen LogP contribution >= 0.6 is 0 Å². The van der Waals surface area contributed by atoms with Crippen LogP contribution in [0.1, 0.15) is 34.1 Å². The summed E-state index contributed by atoms with van der Waals surface area (Å²) in [7, 11) is 4.66. The van der Waals surface area contributed by atoms with Crippen molar-refractivity contribution in [3.63, 3.8) is 0 Å². The number of carbonyl (C=O) groups is 2. The highest BCUT2D eigenvalue weighted by molar-refractivity contribution is 6.02. The highest BCUT2D eigenvalue weighted by atomic mass is 16.5. The van der Waals surface area contributed by atoms with Gasteiger partial charge in [-0.1, -0.05) is 13.0 Å². The maximum absolute atomic E-state index is 12.7. The number of para-hydroxylation sites is 1. The number of hydrogen-bond donors (Lipinski definition) is 2. The van der Waals surface area contributed by atoms with Crippen LogP contribution in [-0.4, -0.2) is 50.7 Å². The highest BCUT2D eigenvalue weighted by Gasteiger charge is 2.18. The first kappa shape index (κ1) is 24.3. The molecule has 11 heteroatoms. The first-order chi connectivity index (χ1) is 17.4. The summed E-state index contributed by atoms with van der Waals surface area (Å²) < 4.78 is 12.1. The molecule has 0 fully saturated rings. The summed E-state index contributed by atoms with van der Waals surface area (Å²) in [6, 6.07) is 10.3. The van der Waals surface area contributed by atoms with E-state index in [9.17, 15) is 9.59 Å². The number of anilines is 4. The summed E-state index contributed by atoms with van der Waals surface area (Å²) in [5.74, 6) is 1.29. The Morgan fingerprint density at radius 2 is 1.81 bits per heavy atom. The zero-order valence-corrected chi connectivity index (χ0v) is 20.3. The van der Waals surface area contributed by atoms with E-state index in [2.05, 4.69) is 30.7 Å². The average Bonchev–Trinajstić information content (AvgIpc) is 3.34. The molecule has 0 radical (unpaired) electrons. The summed E-state index contributed by atoms with van der Waals surface area (Å²) in [5, 5.41) is 10.7. The first-order valence-electron chi connectivity index (χ1n) is 11.1. The summed E-state index contributed by atoms with van der Waals surface area (Å²) >= 11 is 0. The maximum atomic E-state index is 12.7. The van der Waals surface area contributed by atoms with E-state index in [1.807, 2.05) is 18.2 Å². The molecule has 4 rings (SSSR count). The number of benzene rings is 1. The molecule has 0 aliphatic rings. The fourth-order valence-electron chi connectivity index (χ4n) is 3.55. The Balaban J connectivity index is 1.71. The standard InChI is InChI=1S/C25H25N7O4/c1-5-20(33)17-13-27-22(30-21-11-15(9-10-26-21)25(34)36-4)12-19(17)29-18-8-6-7-16(23(18)35-3)24-28-14-32(2)31-24/h6-14H,5H2,1-4H3,(H2,26,27,29,30). The lowest BCUT2D eigenvalue weighted by atomic mass is 10.1. The minimum absolute atomic E-state index is 0.0797. The highest BCUT2D eigenvalue weighted by Crippen LogP contribution is 2.37. The molecule has 0 aliphatic carbocycles. The van der Waals surface area contributed by atoms with E-state index in [4.69, 9.17) is 9.47 Å². The molecule has 0 aliphatic heterocycles. The zero-order chi connectivity index (χ0) is 25.7. The quantitative estimate of drug-likeness (QED) is 0.262. The molecule has 0 saturated heterocycles. The number of ether oxygens (including phenoxy) is 2. The Kier molecular flexibility index (Phi) is 7.19. The van der Waals surface area contributed by atoms with E-state index >= 15 is 0 Å². The van der Waals surface area contributed by atoms with E-state index in [0.29, 0.717) is 57.7 Å². The molecule has 0 saturated carbocycles. The van der Waals surface area contributed by atoms with Crippen molar-refractivity contribution >= 4 is 34.8 Å². The van der Waals surface area contributed by atoms with Crippen molar-refractivity contribution < 1.29 is 19.1 Å². The monoisotopic (exact) mass is 487 g/mol. The lowest BCUT2D eigenvalue weighted by molar-refractivity contribution is 0.0600. The van der Waals surface area contributed by atoms with Gasteiger partial charge in [-0.15, -0.1) is 0 Å². The van der Waals surface area contributed by atoms with Crippen molar-refractivity contribution in [1.29, 1.82) is 0 Å². The predicted molar refractivity (Wildman–Crippen MR) is 134 cm³/mol. The second-order valence-electron chi connectivity index (χ2n) is 7.69. The van der Waals surface area contributed by atoms with Crippen LogP contribution < -0.4 is 15.4 Å². The van der Waals surface area contributed by atoms with Crippen molar-refractivity contribution in [1.82, 2.24) is 24.7 Å². The lowest BCUT2D eigenvalue weighted by Gasteiger charge is -2.17. The van der Waals surface area contributed by atoms with Gasteiger partial charge in [-0.2, -0.15) is 5.10 Å². The van der Waals surface area contributed by atoms with Gasteiger partial charge < -0.3 is 20.1 Å². The van der Waals surface area contributed by atoms with Crippen LogP contribution in [0.5, 0.6) is 5.75 Å². The second-order valence-corrected chi connectivity index (χ2v) is 7.69. The number of nitrogens with zero attached hydrogens (tertiary/aromatic N) is 5. The largest absolute Gasteiger partial charge is 0.494 e. The molecule has 3 heterocycles. The number of ketones is 1. The lowest BCUT2D eigenvalue weighted by Crippen LogP contribution is -2.07. The van der Waals surface area contributed by atoms with E-state index in [1.165, 1.54) is 19.5 Å². The minimum atomic E-state index is -0.478. The van der Waals surface area contributed by atoms with Crippen LogP contribution in [0.2, 0.25) is 0 Å². The van der Waals surface area contributed by atoms with Gasteiger partial charge in [-0.05, 0) is 24.3 Å². The Bertz CT molecular complexity index is 1420. The summed E-state index contributed by atoms with van der Waals surface area (Å²) in [4.78, 5) is 37.4. The number of esters is 1. The Labute approximate surface area is 207 Å². The van der Waals surface area contributed by atoms with Crippen molar-refractivity contribution in [2.24, 2.45) is 7.05 Å². The molecule has 11 nitrogen and oxygen atoms in total. The van der Waals surface area contributed by atoms with Gasteiger partial charge in [0.25, 0.3) is 0 Å². The average molecular weight is 488 g/mol. The van der Waals surface area contributed by atoms with Gasteiger partial charge in [0.15, 0.2) is 17.4 Å². The summed E-state index contributed by atoms with van der Waals surface area (Å²) in [6.07, 6.45) is 4.90. The Hall–Kier alpha value is -4.80. The number of aromatic nitrogens is 5. The summed E-state index contributed by atoms with van der Waals surface area (Å²) in [6.45, 7) is 1.79. The minimum Gasteiger partial charge on any atom is -0.494 e. The van der Waals surface area contributed by atoms with E-state index in [-0.39, 0.29) is 5.78 Å². The number of pyridine rings is 2. The third kappa shape index (κ3) is 5.14. The SMILES string of the molecule is CCC(=O)c1cnc(Nc2cc(C(=O)OC)ccn2)cc1Nc1cccc(-c2ncn(C)n2)c1OC. The van der Waals surface area contributed by atoms with Gasteiger partial charge in [-0.25, -0.2) is 19.7 Å². The number of nitrogens with one attached hydrogen (secondary N) is 2. The zero-order valence-electron chi connectivity index (χ0n) is 20.3. The fourth-order valence-corrected chi connectivity index (χ4v) is 3.55. The third-order valence-corrected chi connectivity index (χ3v) is 5.29. The van der Waals surface area contributed by atoms with Gasteiger partial charge in [-0.3, -0.25) is 9.48 Å². The molecular formula is C25H25N7O4. The molecule has 2 N–H and O–H groups in total. The molecule has 0 spiro atoms. The molecular weight excluding hydrogens is 462 g/mol. The van der Waals surface area contributed by atoms with Crippen LogP contribution in [0.15, 0.2) is 55.1 Å². The van der Waals surface area contributed by atoms with Crippen LogP contribution in [0.3, 0.4) is 0 Å². The number of methoxy groups -OCH3 is 2. The third-order valence-electron chi connectivity index (χ3n) is 5.29. The second kappa shape index (κ2) is 10.6. The fraction of sp³-hybridized carbons (Fsp3) is 0.200. The molecule has 184 valence electrons. The van der Waals surface area contributed by atoms with Crippen LogP contribution in [-0.2, 0) is 11.8 Å². The number of hydrogen-bond acceptors (Lipinski definition) is 10. The van der Waals surface area contributed by atoms with Crippen molar-refractivity contribution in [2.45, 2.75) is 13.3 Å². The van der Waals surface area contributed by atoms with Gasteiger partial charge in [0.2, 0.25) is 0 Å². The maximum Gasteiger partial charge on any atom is 0.338 e. The van der Waals surface area contributed by atoms with Crippen LogP contribution in [0.25, 0.3) is 11.4 Å². The smallest absolute Gasteiger partial charge is 0.338 e. The topological polar surface area (TPSA) is 133 Å². The van der Waals surface area contributed by atoms with Crippen molar-refractivity contribution in [2.75, 3.05) is 24.9 Å². The van der Waals surface area contributed by atoms with E-state index in [1.54, 1.807) is 50.3 Å². The number of Topliss-reactive ketones (excluding diaryl/α,β-unsaturated/α-hetero) is 1. The van der Waals surface area contributed by atoms with Crippen molar-refractivity contribution in [3.8, 4) is 17.1 Å². The van der Waals surface area contributed by atoms with Gasteiger partial charge in [0.05, 0.1) is 42.3 Å².